The third kappa shape index (κ3) is 5.86. The first-order chi connectivity index (χ1) is 9.93. The fourth-order valence-corrected chi connectivity index (χ4v) is 1.61. The van der Waals surface area contributed by atoms with Gasteiger partial charge >= 0.3 is 0 Å². The summed E-state index contributed by atoms with van der Waals surface area (Å²) < 4.78 is 0.750. The highest BCUT2D eigenvalue weighted by Crippen LogP contribution is 2.16. The molecular formula is C11H9Cl2N5O2S. The summed E-state index contributed by atoms with van der Waals surface area (Å²) in [6, 6.07) is 6.50. The SMILES string of the molecule is NC(=S)N(C=O)c1nc(Cl)cc(Cl)n1.[O-][n+]1ccccc1. The second-order valence-electron chi connectivity index (χ2n) is 3.36. The maximum Gasteiger partial charge on any atom is 0.241 e. The monoisotopic (exact) mass is 345 g/mol. The summed E-state index contributed by atoms with van der Waals surface area (Å²) in [5, 5.41) is 10.2. The van der Waals surface area contributed by atoms with Crippen LogP contribution in [0.25, 0.3) is 0 Å². The summed E-state index contributed by atoms with van der Waals surface area (Å²) in [6.45, 7) is 0. The van der Waals surface area contributed by atoms with Crippen molar-refractivity contribution in [2.75, 3.05) is 4.90 Å². The molecule has 0 fully saturated rings. The van der Waals surface area contributed by atoms with Crippen LogP contribution in [-0.4, -0.2) is 21.5 Å². The van der Waals surface area contributed by atoms with Crippen molar-refractivity contribution >= 4 is 52.9 Å². The van der Waals surface area contributed by atoms with E-state index in [0.717, 1.165) is 9.63 Å². The Hall–Kier alpha value is -2.03. The maximum atomic E-state index is 10.6. The smallest absolute Gasteiger partial charge is 0.241 e. The third-order valence-corrected chi connectivity index (χ3v) is 2.48. The molecule has 0 atom stereocenters. The van der Waals surface area contributed by atoms with Gasteiger partial charge in [0.2, 0.25) is 12.4 Å². The number of aromatic nitrogens is 3. The van der Waals surface area contributed by atoms with E-state index in [1.807, 2.05) is 0 Å². The molecule has 0 radical (unpaired) electrons. The van der Waals surface area contributed by atoms with E-state index < -0.39 is 0 Å². The Bertz CT molecular complexity index is 609. The van der Waals surface area contributed by atoms with Gasteiger partial charge in [-0.1, -0.05) is 29.3 Å². The zero-order chi connectivity index (χ0) is 15.8. The normalized spacial score (nSPS) is 9.24. The molecule has 0 aliphatic rings. The maximum absolute atomic E-state index is 10.6. The summed E-state index contributed by atoms with van der Waals surface area (Å²) in [6.07, 6.45) is 3.27. The lowest BCUT2D eigenvalue weighted by molar-refractivity contribution is -0.605. The lowest BCUT2D eigenvalue weighted by Crippen LogP contribution is -2.35. The predicted molar refractivity (Wildman–Crippen MR) is 82.8 cm³/mol. The van der Waals surface area contributed by atoms with Crippen LogP contribution in [0.1, 0.15) is 0 Å². The summed E-state index contributed by atoms with van der Waals surface area (Å²) in [7, 11) is 0. The quantitative estimate of drug-likeness (QED) is 0.289. The highest BCUT2D eigenvalue weighted by molar-refractivity contribution is 7.80. The van der Waals surface area contributed by atoms with Crippen LogP contribution < -0.4 is 15.4 Å². The molecule has 1 amide bonds. The van der Waals surface area contributed by atoms with E-state index >= 15 is 0 Å². The number of nitrogens with zero attached hydrogens (tertiary/aromatic N) is 4. The zero-order valence-corrected chi connectivity index (χ0v) is 12.7. The van der Waals surface area contributed by atoms with Gasteiger partial charge < -0.3 is 10.9 Å². The van der Waals surface area contributed by atoms with Crippen molar-refractivity contribution in [2.45, 2.75) is 0 Å². The van der Waals surface area contributed by atoms with Crippen molar-refractivity contribution in [1.29, 1.82) is 0 Å². The van der Waals surface area contributed by atoms with Gasteiger partial charge in [-0.2, -0.15) is 4.73 Å². The molecule has 0 spiro atoms. The third-order valence-electron chi connectivity index (χ3n) is 1.90. The van der Waals surface area contributed by atoms with Crippen LogP contribution in [0.4, 0.5) is 5.95 Å². The molecular weight excluding hydrogens is 337 g/mol. The van der Waals surface area contributed by atoms with Gasteiger partial charge in [-0.25, -0.2) is 14.9 Å². The Balaban J connectivity index is 0.000000262. The van der Waals surface area contributed by atoms with Gasteiger partial charge in [0.25, 0.3) is 0 Å². The summed E-state index contributed by atoms with van der Waals surface area (Å²) in [5.74, 6) is -0.0509. The highest BCUT2D eigenvalue weighted by atomic mass is 35.5. The number of rotatable bonds is 2. The number of thiocarbonyl (C=S) groups is 1. The molecule has 2 N–H and O–H groups in total. The van der Waals surface area contributed by atoms with Crippen molar-refractivity contribution < 1.29 is 9.52 Å². The van der Waals surface area contributed by atoms with E-state index in [0.29, 0.717) is 6.41 Å². The first kappa shape index (κ1) is 17.0. The summed E-state index contributed by atoms with van der Waals surface area (Å²) in [4.78, 5) is 18.9. The Morgan fingerprint density at radius 1 is 1.29 bits per heavy atom. The van der Waals surface area contributed by atoms with E-state index in [1.165, 1.54) is 18.5 Å². The van der Waals surface area contributed by atoms with Crippen LogP contribution in [0.5, 0.6) is 0 Å². The predicted octanol–water partition coefficient (Wildman–Crippen LogP) is 1.31. The van der Waals surface area contributed by atoms with Gasteiger partial charge in [0.1, 0.15) is 10.3 Å². The molecule has 7 nitrogen and oxygen atoms in total. The van der Waals surface area contributed by atoms with Crippen molar-refractivity contribution in [2.24, 2.45) is 5.73 Å². The van der Waals surface area contributed by atoms with Crippen LogP contribution in [0.2, 0.25) is 10.3 Å². The van der Waals surface area contributed by atoms with Crippen molar-refractivity contribution in [3.05, 3.63) is 52.2 Å². The number of hydrogen-bond donors (Lipinski definition) is 1. The number of nitrogens with two attached hydrogens (primary N) is 1. The minimum atomic E-state index is -0.182. The average Bonchev–Trinajstić information content (AvgIpc) is 2.39. The highest BCUT2D eigenvalue weighted by Gasteiger charge is 2.12. The molecule has 0 aliphatic carbocycles. The van der Waals surface area contributed by atoms with E-state index in [9.17, 15) is 10.0 Å². The second kappa shape index (κ2) is 8.30. The molecule has 0 saturated heterocycles. The minimum Gasteiger partial charge on any atom is -0.619 e. The lowest BCUT2D eigenvalue weighted by Gasteiger charge is -2.12. The van der Waals surface area contributed by atoms with E-state index in [4.69, 9.17) is 28.9 Å². The molecule has 2 heterocycles. The van der Waals surface area contributed by atoms with Crippen LogP contribution in [0.3, 0.4) is 0 Å². The molecule has 0 unspecified atom stereocenters. The van der Waals surface area contributed by atoms with Crippen LogP contribution >= 0.6 is 35.4 Å². The van der Waals surface area contributed by atoms with Crippen LogP contribution in [-0.2, 0) is 4.79 Å². The Labute approximate surface area is 135 Å². The first-order valence-corrected chi connectivity index (χ1v) is 6.48. The van der Waals surface area contributed by atoms with Gasteiger partial charge in [-0.15, -0.1) is 0 Å². The van der Waals surface area contributed by atoms with Gasteiger partial charge in [0.15, 0.2) is 17.5 Å². The molecule has 110 valence electrons. The number of anilines is 1. The first-order valence-electron chi connectivity index (χ1n) is 5.32. The number of pyridine rings is 1. The standard InChI is InChI=1S/C6H4Cl2N4OS.C5H5NO/c7-3-1-4(8)11-6(10-3)12(2-13)5(9)14;7-6-4-2-1-3-5-6/h1-2H,(H2,9,14);1-5H. The molecule has 0 saturated carbocycles. The van der Waals surface area contributed by atoms with Crippen molar-refractivity contribution in [3.63, 3.8) is 0 Å². The number of amides is 1. The molecule has 10 heteroatoms. The fourth-order valence-electron chi connectivity index (χ4n) is 1.07. The number of carbonyl (C=O) groups is 1. The minimum absolute atomic E-state index is 0.0509. The summed E-state index contributed by atoms with van der Waals surface area (Å²) in [5.41, 5.74) is 5.24. The lowest BCUT2D eigenvalue weighted by atomic mass is 10.5. The Morgan fingerprint density at radius 3 is 2.14 bits per heavy atom. The molecule has 0 aliphatic heterocycles. The van der Waals surface area contributed by atoms with Crippen molar-refractivity contribution in [3.8, 4) is 0 Å². The van der Waals surface area contributed by atoms with Gasteiger partial charge in [-0.3, -0.25) is 4.79 Å². The van der Waals surface area contributed by atoms with E-state index in [2.05, 4.69) is 22.2 Å². The number of halogens is 2. The average molecular weight is 346 g/mol. The Kier molecular flexibility index (Phi) is 6.73. The zero-order valence-electron chi connectivity index (χ0n) is 10.4. The topological polar surface area (TPSA) is 99.0 Å². The molecule has 2 aromatic heterocycles. The fraction of sp³-hybridized carbons (Fsp3) is 0. The van der Waals surface area contributed by atoms with Gasteiger partial charge in [0.05, 0.1) is 0 Å². The van der Waals surface area contributed by atoms with Crippen molar-refractivity contribution in [1.82, 2.24) is 9.97 Å². The van der Waals surface area contributed by atoms with Gasteiger partial charge in [-0.05, 0) is 12.2 Å². The second-order valence-corrected chi connectivity index (χ2v) is 4.56. The molecule has 0 bridgehead atoms. The summed E-state index contributed by atoms with van der Waals surface area (Å²) >= 11 is 15.8. The molecule has 21 heavy (non-hydrogen) atoms. The van der Waals surface area contributed by atoms with E-state index in [-0.39, 0.29) is 21.4 Å². The van der Waals surface area contributed by atoms with E-state index in [1.54, 1.807) is 18.2 Å². The van der Waals surface area contributed by atoms with Crippen LogP contribution in [0.15, 0.2) is 36.7 Å². The Morgan fingerprint density at radius 2 is 1.81 bits per heavy atom. The number of hydrogen-bond acceptors (Lipinski definition) is 5. The van der Waals surface area contributed by atoms with Gasteiger partial charge in [0, 0.05) is 18.2 Å². The molecule has 0 aromatic carbocycles. The number of carbonyl (C=O) groups excluding carboxylic acids is 1. The largest absolute Gasteiger partial charge is 0.619 e. The molecule has 2 aromatic rings. The molecule has 2 rings (SSSR count). The van der Waals surface area contributed by atoms with Crippen LogP contribution in [0, 0.1) is 5.21 Å².